The quantitative estimate of drug-likeness (QED) is 0.550. The van der Waals surface area contributed by atoms with Crippen molar-refractivity contribution in [1.82, 2.24) is 20.0 Å². The van der Waals surface area contributed by atoms with Gasteiger partial charge in [0.1, 0.15) is 0 Å². The molecule has 29 heavy (non-hydrogen) atoms. The molecular formula is C21H30ClN5O2. The fourth-order valence-electron chi connectivity index (χ4n) is 3.62. The lowest BCUT2D eigenvalue weighted by molar-refractivity contribution is 0.311. The molecule has 7 nitrogen and oxygen atoms in total. The molecule has 1 aliphatic rings. The zero-order chi connectivity index (χ0) is 20.8. The van der Waals surface area contributed by atoms with E-state index in [-0.39, 0.29) is 0 Å². The molecule has 1 aromatic heterocycles. The third-order valence-electron chi connectivity index (χ3n) is 5.01. The Balaban J connectivity index is 1.73. The summed E-state index contributed by atoms with van der Waals surface area (Å²) in [6.45, 7) is 7.78. The maximum atomic E-state index is 6.40. The largest absolute Gasteiger partial charge is 0.493 e. The Bertz CT molecular complexity index is 852. The molecule has 3 rings (SSSR count). The van der Waals surface area contributed by atoms with Crippen molar-refractivity contribution in [2.75, 3.05) is 33.4 Å². The van der Waals surface area contributed by atoms with Crippen molar-refractivity contribution in [2.24, 2.45) is 12.0 Å². The van der Waals surface area contributed by atoms with E-state index in [2.05, 4.69) is 28.4 Å². The van der Waals surface area contributed by atoms with Crippen LogP contribution < -0.4 is 14.8 Å². The predicted molar refractivity (Wildman–Crippen MR) is 116 cm³/mol. The van der Waals surface area contributed by atoms with Gasteiger partial charge in [-0.15, -0.1) is 0 Å². The molecule has 1 unspecified atom stereocenters. The van der Waals surface area contributed by atoms with Crippen LogP contribution in [0.2, 0.25) is 5.02 Å². The highest BCUT2D eigenvalue weighted by molar-refractivity contribution is 6.32. The van der Waals surface area contributed by atoms with Gasteiger partial charge in [-0.05, 0) is 43.5 Å². The molecule has 8 heteroatoms. The van der Waals surface area contributed by atoms with Crippen LogP contribution in [0, 0.1) is 0 Å². The van der Waals surface area contributed by atoms with E-state index >= 15 is 0 Å². The molecule has 1 fully saturated rings. The van der Waals surface area contributed by atoms with Gasteiger partial charge in [0.25, 0.3) is 0 Å². The van der Waals surface area contributed by atoms with Crippen molar-refractivity contribution in [2.45, 2.75) is 32.7 Å². The smallest absolute Gasteiger partial charge is 0.194 e. The zero-order valence-corrected chi connectivity index (χ0v) is 18.4. The Kier molecular flexibility index (Phi) is 7.25. The summed E-state index contributed by atoms with van der Waals surface area (Å²) in [5.74, 6) is 2.61. The number of aromatic nitrogens is 2. The number of aliphatic imine (C=N–C) groups is 1. The third-order valence-corrected chi connectivity index (χ3v) is 5.29. The summed E-state index contributed by atoms with van der Waals surface area (Å²) in [5, 5.41) is 8.26. The van der Waals surface area contributed by atoms with E-state index in [1.54, 1.807) is 7.11 Å². The van der Waals surface area contributed by atoms with Crippen LogP contribution in [0.4, 0.5) is 0 Å². The maximum Gasteiger partial charge on any atom is 0.194 e. The lowest BCUT2D eigenvalue weighted by Gasteiger charge is -2.21. The van der Waals surface area contributed by atoms with Crippen molar-refractivity contribution >= 4 is 17.6 Å². The van der Waals surface area contributed by atoms with Crippen LogP contribution in [0.5, 0.6) is 11.5 Å². The first-order valence-electron chi connectivity index (χ1n) is 10.1. The van der Waals surface area contributed by atoms with Gasteiger partial charge in [-0.25, -0.2) is 4.99 Å². The van der Waals surface area contributed by atoms with Crippen molar-refractivity contribution in [3.63, 3.8) is 0 Å². The number of benzene rings is 1. The number of guanidine groups is 1. The van der Waals surface area contributed by atoms with Gasteiger partial charge in [0.2, 0.25) is 0 Å². The molecule has 0 amide bonds. The number of likely N-dealkylation sites (tertiary alicyclic amines) is 1. The second-order valence-corrected chi connectivity index (χ2v) is 7.50. The van der Waals surface area contributed by atoms with Crippen LogP contribution in [0.1, 0.15) is 37.3 Å². The Morgan fingerprint density at radius 1 is 1.38 bits per heavy atom. The third kappa shape index (κ3) is 5.15. The predicted octanol–water partition coefficient (Wildman–Crippen LogP) is 3.44. The van der Waals surface area contributed by atoms with E-state index in [9.17, 15) is 0 Å². The zero-order valence-electron chi connectivity index (χ0n) is 17.6. The van der Waals surface area contributed by atoms with E-state index in [1.165, 1.54) is 5.56 Å². The number of ether oxygens (including phenoxy) is 2. The standard InChI is InChI=1S/C21H30ClN5O2/c1-5-23-21(27-8-7-16(14-27)17-12-25-26(3)13-17)24-11-15-9-18(22)20(29-6-2)19(10-15)28-4/h9-10,12-13,16H,5-8,11,14H2,1-4H3,(H,23,24). The fourth-order valence-corrected chi connectivity index (χ4v) is 3.90. The molecule has 0 spiro atoms. The summed E-state index contributed by atoms with van der Waals surface area (Å²) < 4.78 is 12.9. The highest BCUT2D eigenvalue weighted by atomic mass is 35.5. The average Bonchev–Trinajstić information content (AvgIpc) is 3.36. The summed E-state index contributed by atoms with van der Waals surface area (Å²) in [6.07, 6.45) is 5.16. The van der Waals surface area contributed by atoms with Crippen LogP contribution in [0.15, 0.2) is 29.5 Å². The van der Waals surface area contributed by atoms with Gasteiger partial charge < -0.3 is 19.7 Å². The molecule has 1 atom stereocenters. The number of aryl methyl sites for hydroxylation is 1. The van der Waals surface area contributed by atoms with Crippen LogP contribution in [-0.4, -0.2) is 54.0 Å². The van der Waals surface area contributed by atoms with Crippen molar-refractivity contribution < 1.29 is 9.47 Å². The molecule has 1 aromatic carbocycles. The van der Waals surface area contributed by atoms with Gasteiger partial charge in [-0.2, -0.15) is 5.10 Å². The average molecular weight is 420 g/mol. The number of halogens is 1. The van der Waals surface area contributed by atoms with Crippen molar-refractivity contribution in [1.29, 1.82) is 0 Å². The number of hydrogen-bond acceptors (Lipinski definition) is 4. The first-order chi connectivity index (χ1) is 14.0. The summed E-state index contributed by atoms with van der Waals surface area (Å²) >= 11 is 6.40. The van der Waals surface area contributed by atoms with Crippen LogP contribution in [0.25, 0.3) is 0 Å². The van der Waals surface area contributed by atoms with Gasteiger partial charge >= 0.3 is 0 Å². The SMILES string of the molecule is CCNC(=NCc1cc(Cl)c(OCC)c(OC)c1)N1CCC(c2cnn(C)c2)C1. The van der Waals surface area contributed by atoms with Crippen LogP contribution in [-0.2, 0) is 13.6 Å². The van der Waals surface area contributed by atoms with Crippen molar-refractivity contribution in [3.05, 3.63) is 40.7 Å². The van der Waals surface area contributed by atoms with E-state index in [0.29, 0.717) is 35.6 Å². The molecule has 1 N–H and O–H groups in total. The second kappa shape index (κ2) is 9.87. The minimum absolute atomic E-state index is 0.479. The highest BCUT2D eigenvalue weighted by Crippen LogP contribution is 2.36. The summed E-state index contributed by atoms with van der Waals surface area (Å²) in [5.41, 5.74) is 2.27. The lowest BCUT2D eigenvalue weighted by Crippen LogP contribution is -2.40. The molecule has 2 heterocycles. The molecule has 0 aliphatic carbocycles. The minimum Gasteiger partial charge on any atom is -0.493 e. The summed E-state index contributed by atoms with van der Waals surface area (Å²) in [6, 6.07) is 3.83. The molecule has 1 aliphatic heterocycles. The number of methoxy groups -OCH3 is 1. The van der Waals surface area contributed by atoms with Gasteiger partial charge in [0, 0.05) is 38.8 Å². The van der Waals surface area contributed by atoms with E-state index < -0.39 is 0 Å². The summed E-state index contributed by atoms with van der Waals surface area (Å²) in [4.78, 5) is 7.16. The number of nitrogens with one attached hydrogen (secondary N) is 1. The van der Waals surface area contributed by atoms with E-state index in [4.69, 9.17) is 26.1 Å². The number of nitrogens with zero attached hydrogens (tertiary/aromatic N) is 4. The Morgan fingerprint density at radius 3 is 2.86 bits per heavy atom. The van der Waals surface area contributed by atoms with Gasteiger partial charge in [0.05, 0.1) is 31.5 Å². The Labute approximate surface area is 177 Å². The topological polar surface area (TPSA) is 63.9 Å². The maximum absolute atomic E-state index is 6.40. The first-order valence-corrected chi connectivity index (χ1v) is 10.4. The minimum atomic E-state index is 0.479. The van der Waals surface area contributed by atoms with E-state index in [1.807, 2.05) is 37.0 Å². The van der Waals surface area contributed by atoms with Gasteiger partial charge in [0.15, 0.2) is 17.5 Å². The number of rotatable bonds is 7. The molecule has 0 saturated carbocycles. The first kappa shape index (κ1) is 21.3. The fraction of sp³-hybridized carbons (Fsp3) is 0.524. The van der Waals surface area contributed by atoms with Crippen molar-refractivity contribution in [3.8, 4) is 11.5 Å². The van der Waals surface area contributed by atoms with Gasteiger partial charge in [-0.3, -0.25) is 4.68 Å². The summed E-state index contributed by atoms with van der Waals surface area (Å²) in [7, 11) is 3.58. The lowest BCUT2D eigenvalue weighted by atomic mass is 10.0. The molecule has 0 bridgehead atoms. The highest BCUT2D eigenvalue weighted by Gasteiger charge is 2.27. The molecule has 0 radical (unpaired) electrons. The monoisotopic (exact) mass is 419 g/mol. The molecule has 1 saturated heterocycles. The molecule has 158 valence electrons. The molecular weight excluding hydrogens is 390 g/mol. The number of hydrogen-bond donors (Lipinski definition) is 1. The van der Waals surface area contributed by atoms with Gasteiger partial charge in [-0.1, -0.05) is 11.6 Å². The molecule has 2 aromatic rings. The van der Waals surface area contributed by atoms with Crippen LogP contribution >= 0.6 is 11.6 Å². The Hall–Kier alpha value is -2.41. The van der Waals surface area contributed by atoms with E-state index in [0.717, 1.165) is 37.6 Å². The van der Waals surface area contributed by atoms with Crippen LogP contribution in [0.3, 0.4) is 0 Å². The normalized spacial score (nSPS) is 16.9. The second-order valence-electron chi connectivity index (χ2n) is 7.09. The Morgan fingerprint density at radius 2 is 2.21 bits per heavy atom.